The van der Waals surface area contributed by atoms with Crippen molar-refractivity contribution >= 4 is 27.7 Å². The lowest BCUT2D eigenvalue weighted by atomic mass is 10.1. The number of hydrogen-bond acceptors (Lipinski definition) is 3. The van der Waals surface area contributed by atoms with Crippen molar-refractivity contribution < 1.29 is 4.39 Å². The first-order valence-electron chi connectivity index (χ1n) is 7.24. The predicted molar refractivity (Wildman–Crippen MR) is 94.9 cm³/mol. The zero-order valence-electron chi connectivity index (χ0n) is 12.5. The fraction of sp³-hybridized carbons (Fsp3) is 0.176. The topological polar surface area (TPSA) is 41.6 Å². The van der Waals surface area contributed by atoms with Crippen LogP contribution in [0.3, 0.4) is 0 Å². The van der Waals surface area contributed by atoms with Crippen LogP contribution in [0.15, 0.2) is 52.1 Å². The van der Waals surface area contributed by atoms with Crippen molar-refractivity contribution in [2.75, 3.05) is 0 Å². The van der Waals surface area contributed by atoms with Gasteiger partial charge in [0.2, 0.25) is 5.16 Å². The zero-order chi connectivity index (χ0) is 16.2. The molecule has 0 atom stereocenters. The Kier molecular flexibility index (Phi) is 5.13. The molecule has 0 fully saturated rings. The van der Waals surface area contributed by atoms with Gasteiger partial charge < -0.3 is 0 Å². The molecule has 3 aromatic rings. The summed E-state index contributed by atoms with van der Waals surface area (Å²) in [5.74, 6) is 1.18. The van der Waals surface area contributed by atoms with Crippen LogP contribution in [0, 0.1) is 5.82 Å². The molecule has 0 aliphatic rings. The third-order valence-electron chi connectivity index (χ3n) is 3.47. The molecular weight excluding hydrogens is 377 g/mol. The number of aryl methyl sites for hydroxylation is 1. The van der Waals surface area contributed by atoms with Crippen molar-refractivity contribution in [3.8, 4) is 11.4 Å². The van der Waals surface area contributed by atoms with Crippen LogP contribution in [0.2, 0.25) is 0 Å². The second-order valence-corrected chi connectivity index (χ2v) is 6.84. The number of benzene rings is 2. The van der Waals surface area contributed by atoms with Gasteiger partial charge in [-0.2, -0.15) is 0 Å². The van der Waals surface area contributed by atoms with Gasteiger partial charge in [0.25, 0.3) is 0 Å². The Labute approximate surface area is 146 Å². The smallest absolute Gasteiger partial charge is 0.209 e. The van der Waals surface area contributed by atoms with E-state index in [0.29, 0.717) is 10.9 Å². The van der Waals surface area contributed by atoms with E-state index in [-0.39, 0.29) is 5.82 Å². The van der Waals surface area contributed by atoms with Crippen LogP contribution in [0.5, 0.6) is 0 Å². The Hall–Kier alpha value is -1.66. The summed E-state index contributed by atoms with van der Waals surface area (Å²) in [6, 6.07) is 13.0. The Balaban J connectivity index is 1.69. The van der Waals surface area contributed by atoms with Gasteiger partial charge in [-0.25, -0.2) is 9.37 Å². The molecule has 0 saturated heterocycles. The maximum absolute atomic E-state index is 13.1. The molecule has 0 saturated carbocycles. The number of nitrogens with zero attached hydrogens (tertiary/aromatic N) is 2. The summed E-state index contributed by atoms with van der Waals surface area (Å²) in [7, 11) is 0. The highest BCUT2D eigenvalue weighted by atomic mass is 79.9. The average molecular weight is 392 g/mol. The molecule has 1 heterocycles. The minimum atomic E-state index is -0.249. The van der Waals surface area contributed by atoms with Gasteiger partial charge in [-0.3, -0.25) is 5.10 Å². The van der Waals surface area contributed by atoms with E-state index >= 15 is 0 Å². The first kappa shape index (κ1) is 16.2. The number of nitrogens with one attached hydrogen (secondary N) is 1. The van der Waals surface area contributed by atoms with Crippen LogP contribution in [0.25, 0.3) is 11.4 Å². The number of halogens is 2. The molecule has 3 nitrogen and oxygen atoms in total. The first-order chi connectivity index (χ1) is 11.2. The number of rotatable bonds is 5. The minimum absolute atomic E-state index is 0.249. The largest absolute Gasteiger partial charge is 0.258 e. The molecule has 1 N–H and O–H groups in total. The van der Waals surface area contributed by atoms with Gasteiger partial charge >= 0.3 is 0 Å². The number of hydrogen-bond donors (Lipinski definition) is 1. The lowest BCUT2D eigenvalue weighted by Crippen LogP contribution is -1.86. The molecule has 2 aromatic carbocycles. The van der Waals surface area contributed by atoms with Gasteiger partial charge in [-0.15, -0.1) is 5.10 Å². The van der Waals surface area contributed by atoms with Gasteiger partial charge in [0.05, 0.1) is 0 Å². The average Bonchev–Trinajstić information content (AvgIpc) is 3.03. The van der Waals surface area contributed by atoms with Crippen molar-refractivity contribution in [3.63, 3.8) is 0 Å². The van der Waals surface area contributed by atoms with Crippen molar-refractivity contribution in [2.45, 2.75) is 24.3 Å². The van der Waals surface area contributed by atoms with Gasteiger partial charge in [0, 0.05) is 15.8 Å². The molecular formula is C17H15BrFN3S. The molecule has 0 radical (unpaired) electrons. The van der Waals surface area contributed by atoms with E-state index in [1.807, 2.05) is 12.1 Å². The first-order valence-corrected chi connectivity index (χ1v) is 9.02. The fourth-order valence-electron chi connectivity index (χ4n) is 2.12. The second kappa shape index (κ2) is 7.27. The summed E-state index contributed by atoms with van der Waals surface area (Å²) in [6.45, 7) is 2.13. The molecule has 3 rings (SSSR count). The Morgan fingerprint density at radius 2 is 1.96 bits per heavy atom. The van der Waals surface area contributed by atoms with Crippen molar-refractivity contribution in [2.24, 2.45) is 0 Å². The Morgan fingerprint density at radius 3 is 2.65 bits per heavy atom. The van der Waals surface area contributed by atoms with Crippen LogP contribution in [-0.2, 0) is 12.2 Å². The fourth-order valence-corrected chi connectivity index (χ4v) is 3.60. The molecule has 23 heavy (non-hydrogen) atoms. The standard InChI is InChI=1S/C17H15BrFN3S/c1-2-11-3-5-12(6-4-11)16-20-17(22-21-16)23-10-13-7-8-14(19)9-15(13)18/h3-9H,2,10H2,1H3,(H,20,21,22). The van der Waals surface area contributed by atoms with Gasteiger partial charge in [0.1, 0.15) is 5.82 Å². The molecule has 118 valence electrons. The van der Waals surface area contributed by atoms with Gasteiger partial charge in [0.15, 0.2) is 5.82 Å². The SMILES string of the molecule is CCc1ccc(-c2nc(SCc3ccc(F)cc3Br)n[nH]2)cc1. The van der Waals surface area contributed by atoms with Crippen molar-refractivity contribution in [3.05, 3.63) is 63.9 Å². The third kappa shape index (κ3) is 4.00. The number of thioether (sulfide) groups is 1. The van der Waals surface area contributed by atoms with Crippen LogP contribution in [0.4, 0.5) is 4.39 Å². The lowest BCUT2D eigenvalue weighted by Gasteiger charge is -2.02. The molecule has 0 aliphatic heterocycles. The molecule has 0 bridgehead atoms. The zero-order valence-corrected chi connectivity index (χ0v) is 14.9. The summed E-state index contributed by atoms with van der Waals surface area (Å²) in [5.41, 5.74) is 3.32. The molecule has 6 heteroatoms. The highest BCUT2D eigenvalue weighted by Gasteiger charge is 2.08. The summed E-state index contributed by atoms with van der Waals surface area (Å²) in [5, 5.41) is 7.88. The molecule has 1 aromatic heterocycles. The lowest BCUT2D eigenvalue weighted by molar-refractivity contribution is 0.626. The van der Waals surface area contributed by atoms with Gasteiger partial charge in [-0.05, 0) is 29.7 Å². The maximum Gasteiger partial charge on any atom is 0.209 e. The van der Waals surface area contributed by atoms with E-state index < -0.39 is 0 Å². The highest BCUT2D eigenvalue weighted by Crippen LogP contribution is 2.27. The number of H-pyrrole nitrogens is 1. The van der Waals surface area contributed by atoms with Crippen LogP contribution in [0.1, 0.15) is 18.1 Å². The van der Waals surface area contributed by atoms with E-state index in [4.69, 9.17) is 0 Å². The van der Waals surface area contributed by atoms with E-state index in [2.05, 4.69) is 50.2 Å². The summed E-state index contributed by atoms with van der Waals surface area (Å²) < 4.78 is 13.8. The van der Waals surface area contributed by atoms with E-state index in [0.717, 1.165) is 27.8 Å². The summed E-state index contributed by atoms with van der Waals surface area (Å²) in [6.07, 6.45) is 1.02. The van der Waals surface area contributed by atoms with Crippen LogP contribution < -0.4 is 0 Å². The normalized spacial score (nSPS) is 10.9. The molecule has 0 aliphatic carbocycles. The van der Waals surface area contributed by atoms with Crippen LogP contribution >= 0.6 is 27.7 Å². The third-order valence-corrected chi connectivity index (χ3v) is 5.11. The number of aromatic nitrogens is 3. The predicted octanol–water partition coefficient (Wildman–Crippen LogP) is 5.23. The molecule has 0 amide bonds. The van der Waals surface area contributed by atoms with Gasteiger partial charge in [-0.1, -0.05) is 64.9 Å². The summed E-state index contributed by atoms with van der Waals surface area (Å²) in [4.78, 5) is 4.51. The van der Waals surface area contributed by atoms with Crippen LogP contribution in [-0.4, -0.2) is 15.2 Å². The maximum atomic E-state index is 13.1. The summed E-state index contributed by atoms with van der Waals surface area (Å²) >= 11 is 4.88. The van der Waals surface area contributed by atoms with E-state index in [9.17, 15) is 4.39 Å². The van der Waals surface area contributed by atoms with E-state index in [1.54, 1.807) is 6.07 Å². The highest BCUT2D eigenvalue weighted by molar-refractivity contribution is 9.10. The minimum Gasteiger partial charge on any atom is -0.258 e. The Bertz CT molecular complexity index is 802. The van der Waals surface area contributed by atoms with Crippen molar-refractivity contribution in [1.29, 1.82) is 0 Å². The number of aromatic amines is 1. The quantitative estimate of drug-likeness (QED) is 0.605. The van der Waals surface area contributed by atoms with Crippen molar-refractivity contribution in [1.82, 2.24) is 15.2 Å². The Morgan fingerprint density at radius 1 is 1.17 bits per heavy atom. The monoisotopic (exact) mass is 391 g/mol. The molecule has 0 unspecified atom stereocenters. The second-order valence-electron chi connectivity index (χ2n) is 5.04. The molecule has 0 spiro atoms. The van der Waals surface area contributed by atoms with E-state index in [1.165, 1.54) is 29.5 Å².